The normalized spacial score (nSPS) is 16.6. The highest BCUT2D eigenvalue weighted by Gasteiger charge is 2.32. The van der Waals surface area contributed by atoms with Crippen LogP contribution in [0.3, 0.4) is 0 Å². The van der Waals surface area contributed by atoms with Gasteiger partial charge < -0.3 is 15.4 Å². The van der Waals surface area contributed by atoms with Crippen LogP contribution in [0.15, 0.2) is 65.3 Å². The van der Waals surface area contributed by atoms with Crippen LogP contribution < -0.4 is 15.4 Å². The fraction of sp³-hybridized carbons (Fsp3) is 0.241. The number of carbonyl (C=O) groups is 2. The third-order valence-electron chi connectivity index (χ3n) is 7.29. The Morgan fingerprint density at radius 2 is 1.95 bits per heavy atom. The summed E-state index contributed by atoms with van der Waals surface area (Å²) < 4.78 is 35.6. The molecular formula is C29H25BrF2N6O3. The summed E-state index contributed by atoms with van der Waals surface area (Å²) in [5, 5.41) is 8.42. The minimum atomic E-state index is -0.624. The number of nitrogens with two attached hydrogens (primary N) is 1. The molecule has 3 aromatic carbocycles. The number of likely N-dealkylation sites (tertiary alicyclic amines) is 1. The van der Waals surface area contributed by atoms with Crippen molar-refractivity contribution in [2.45, 2.75) is 32.0 Å². The Morgan fingerprint density at radius 3 is 2.78 bits per heavy atom. The van der Waals surface area contributed by atoms with E-state index in [1.807, 2.05) is 24.3 Å². The number of carbonyl (C=O) groups excluding carboxylic acids is 2. The smallest absolute Gasteiger partial charge is 0.265 e. The molecule has 1 atom stereocenters. The molecule has 2 N–H and O–H groups in total. The molecule has 1 unspecified atom stereocenters. The van der Waals surface area contributed by atoms with Crippen LogP contribution in [-0.4, -0.2) is 44.9 Å². The molecule has 2 aliphatic heterocycles. The lowest BCUT2D eigenvalue weighted by molar-refractivity contribution is -0.121. The number of benzene rings is 3. The van der Waals surface area contributed by atoms with Crippen molar-refractivity contribution < 1.29 is 23.1 Å². The predicted octanol–water partition coefficient (Wildman–Crippen LogP) is 4.85. The Kier molecular flexibility index (Phi) is 7.16. The number of halogens is 3. The third kappa shape index (κ3) is 5.39. The van der Waals surface area contributed by atoms with Crippen molar-refractivity contribution in [3.63, 3.8) is 0 Å². The lowest BCUT2D eigenvalue weighted by Gasteiger charge is -2.29. The van der Waals surface area contributed by atoms with Gasteiger partial charge in [0.25, 0.3) is 11.8 Å². The number of hydrogen-bond donors (Lipinski definition) is 1. The van der Waals surface area contributed by atoms with E-state index in [1.54, 1.807) is 21.8 Å². The van der Waals surface area contributed by atoms with Gasteiger partial charge in [0, 0.05) is 22.6 Å². The largest absolute Gasteiger partial charge is 0.481 e. The summed E-state index contributed by atoms with van der Waals surface area (Å²) in [6.45, 7) is 0.692. The van der Waals surface area contributed by atoms with E-state index in [0.29, 0.717) is 28.0 Å². The summed E-state index contributed by atoms with van der Waals surface area (Å²) in [7, 11) is 0. The summed E-state index contributed by atoms with van der Waals surface area (Å²) in [4.78, 5) is 29.6. The Balaban J connectivity index is 1.21. The number of nitrogens with zero attached hydrogens (tertiary/aromatic N) is 5. The molecular weight excluding hydrogens is 598 g/mol. The van der Waals surface area contributed by atoms with Gasteiger partial charge in [-0.15, -0.1) is 5.10 Å². The van der Waals surface area contributed by atoms with Gasteiger partial charge in [0.1, 0.15) is 23.1 Å². The van der Waals surface area contributed by atoms with Gasteiger partial charge in [-0.1, -0.05) is 39.3 Å². The molecule has 41 heavy (non-hydrogen) atoms. The summed E-state index contributed by atoms with van der Waals surface area (Å²) in [6, 6.07) is 14.3. The highest BCUT2D eigenvalue weighted by molar-refractivity contribution is 9.10. The van der Waals surface area contributed by atoms with Gasteiger partial charge in [-0.05, 0) is 54.3 Å². The molecule has 1 aromatic heterocycles. The van der Waals surface area contributed by atoms with Gasteiger partial charge in [-0.2, -0.15) is 0 Å². The molecule has 0 aliphatic carbocycles. The number of amides is 2. The molecule has 9 nitrogen and oxygen atoms in total. The van der Waals surface area contributed by atoms with Crippen molar-refractivity contribution >= 4 is 39.1 Å². The average Bonchev–Trinajstić information content (AvgIpc) is 3.61. The van der Waals surface area contributed by atoms with Crippen LogP contribution in [0, 0.1) is 11.6 Å². The fourth-order valence-electron chi connectivity index (χ4n) is 5.38. The van der Waals surface area contributed by atoms with Crippen molar-refractivity contribution in [3.8, 4) is 5.75 Å². The SMILES string of the molecule is Nc1cc2c(cc1F)OCC(=O)N2Cc1cn(Cc2ccccc2C(=O)N2CCCC2c2cc(F)cc(Br)c2)nn1. The maximum atomic E-state index is 14.1. The van der Waals surface area contributed by atoms with Crippen molar-refractivity contribution in [1.29, 1.82) is 0 Å². The maximum Gasteiger partial charge on any atom is 0.265 e. The van der Waals surface area contributed by atoms with E-state index in [-0.39, 0.29) is 54.8 Å². The van der Waals surface area contributed by atoms with Crippen LogP contribution in [0.5, 0.6) is 5.75 Å². The van der Waals surface area contributed by atoms with E-state index < -0.39 is 5.82 Å². The number of nitrogen functional groups attached to an aromatic ring is 1. The number of fused-ring (bicyclic) bond motifs is 1. The highest BCUT2D eigenvalue weighted by atomic mass is 79.9. The number of ether oxygens (including phenoxy) is 1. The number of hydrogen-bond acceptors (Lipinski definition) is 6. The van der Waals surface area contributed by atoms with Crippen molar-refractivity contribution in [2.24, 2.45) is 0 Å². The fourth-order valence-corrected chi connectivity index (χ4v) is 5.86. The Morgan fingerprint density at radius 1 is 1.12 bits per heavy atom. The Hall–Kier alpha value is -4.32. The molecule has 3 heterocycles. The zero-order chi connectivity index (χ0) is 28.7. The number of rotatable bonds is 6. The summed E-state index contributed by atoms with van der Waals surface area (Å²) in [5.74, 6) is -1.21. The van der Waals surface area contributed by atoms with Gasteiger partial charge in [-0.3, -0.25) is 14.5 Å². The van der Waals surface area contributed by atoms with Crippen LogP contribution in [0.2, 0.25) is 0 Å². The maximum absolute atomic E-state index is 14.1. The second-order valence-electron chi connectivity index (χ2n) is 10.0. The van der Waals surface area contributed by atoms with Crippen LogP contribution in [0.25, 0.3) is 0 Å². The molecule has 2 aliphatic rings. The summed E-state index contributed by atoms with van der Waals surface area (Å²) in [6.07, 6.45) is 3.26. The molecule has 12 heteroatoms. The van der Waals surface area contributed by atoms with Crippen molar-refractivity contribution in [1.82, 2.24) is 19.9 Å². The van der Waals surface area contributed by atoms with Crippen LogP contribution >= 0.6 is 15.9 Å². The van der Waals surface area contributed by atoms with Gasteiger partial charge >= 0.3 is 0 Å². The first-order valence-electron chi connectivity index (χ1n) is 13.0. The van der Waals surface area contributed by atoms with E-state index in [9.17, 15) is 18.4 Å². The number of aromatic nitrogens is 3. The first-order valence-corrected chi connectivity index (χ1v) is 13.8. The minimum absolute atomic E-state index is 0.0828. The second kappa shape index (κ2) is 10.9. The minimum Gasteiger partial charge on any atom is -0.481 e. The lowest BCUT2D eigenvalue weighted by Crippen LogP contribution is -2.38. The van der Waals surface area contributed by atoms with Crippen LogP contribution in [-0.2, 0) is 17.9 Å². The quantitative estimate of drug-likeness (QED) is 0.308. The molecule has 0 saturated carbocycles. The number of anilines is 2. The first-order chi connectivity index (χ1) is 19.8. The van der Waals surface area contributed by atoms with E-state index >= 15 is 0 Å². The van der Waals surface area contributed by atoms with Crippen molar-refractivity contribution in [3.05, 3.63) is 99.3 Å². The average molecular weight is 623 g/mol. The lowest BCUT2D eigenvalue weighted by atomic mass is 10.0. The Bertz CT molecular complexity index is 1640. The molecule has 4 aromatic rings. The summed E-state index contributed by atoms with van der Waals surface area (Å²) in [5.41, 5.74) is 8.51. The molecule has 210 valence electrons. The molecule has 1 saturated heterocycles. The van der Waals surface area contributed by atoms with E-state index in [4.69, 9.17) is 10.5 Å². The van der Waals surface area contributed by atoms with Gasteiger partial charge in [0.15, 0.2) is 6.61 Å². The Labute approximate surface area is 242 Å². The predicted molar refractivity (Wildman–Crippen MR) is 150 cm³/mol. The zero-order valence-corrected chi connectivity index (χ0v) is 23.4. The van der Waals surface area contributed by atoms with Crippen LogP contribution in [0.1, 0.15) is 46.1 Å². The third-order valence-corrected chi connectivity index (χ3v) is 7.75. The second-order valence-corrected chi connectivity index (χ2v) is 10.9. The first kappa shape index (κ1) is 26.9. The topological polar surface area (TPSA) is 107 Å². The standard InChI is InChI=1S/C29H25BrF2N6O3/c30-19-8-18(9-20(31)10-19)25-6-3-7-37(25)29(40)22-5-2-1-4-17(22)13-36-14-21(34-35-36)15-38-26-12-24(33)23(32)11-27(26)41-16-28(38)39/h1-2,4-5,8-12,14,25H,3,6-7,13,15-16,33H2. The molecule has 2 amide bonds. The molecule has 0 radical (unpaired) electrons. The van der Waals surface area contributed by atoms with Crippen molar-refractivity contribution in [2.75, 3.05) is 23.8 Å². The van der Waals surface area contributed by atoms with E-state index in [0.717, 1.165) is 30.0 Å². The molecule has 6 rings (SSSR count). The zero-order valence-electron chi connectivity index (χ0n) is 21.8. The highest BCUT2D eigenvalue weighted by Crippen LogP contribution is 2.37. The van der Waals surface area contributed by atoms with Crippen LogP contribution in [0.4, 0.5) is 20.2 Å². The molecule has 0 bridgehead atoms. The van der Waals surface area contributed by atoms with Gasteiger partial charge in [0.05, 0.1) is 36.7 Å². The van der Waals surface area contributed by atoms with E-state index in [1.165, 1.54) is 23.1 Å². The molecule has 0 spiro atoms. The van der Waals surface area contributed by atoms with Gasteiger partial charge in [0.2, 0.25) is 0 Å². The summed E-state index contributed by atoms with van der Waals surface area (Å²) >= 11 is 3.35. The van der Waals surface area contributed by atoms with Gasteiger partial charge in [-0.25, -0.2) is 13.5 Å². The van der Waals surface area contributed by atoms with E-state index in [2.05, 4.69) is 26.2 Å². The molecule has 1 fully saturated rings. The monoisotopic (exact) mass is 622 g/mol.